The topological polar surface area (TPSA) is 47.0 Å². The van der Waals surface area contributed by atoms with Gasteiger partial charge in [-0.25, -0.2) is 9.37 Å². The van der Waals surface area contributed by atoms with E-state index < -0.39 is 0 Å². The van der Waals surface area contributed by atoms with E-state index in [-0.39, 0.29) is 5.82 Å². The van der Waals surface area contributed by atoms with Crippen LogP contribution in [0.3, 0.4) is 0 Å². The summed E-state index contributed by atoms with van der Waals surface area (Å²) >= 11 is 1.57. The van der Waals surface area contributed by atoms with E-state index in [1.54, 1.807) is 24.5 Å². The molecule has 2 aromatic heterocycles. The van der Waals surface area contributed by atoms with Crippen molar-refractivity contribution in [2.75, 3.05) is 12.4 Å². The third kappa shape index (κ3) is 2.67. The molecule has 0 amide bonds. The number of hydrogen-bond donors (Lipinski definition) is 1. The number of benzene rings is 1. The van der Waals surface area contributed by atoms with E-state index in [0.29, 0.717) is 17.6 Å². The highest BCUT2D eigenvalue weighted by Crippen LogP contribution is 2.34. The van der Waals surface area contributed by atoms with Crippen molar-refractivity contribution in [3.63, 3.8) is 0 Å². The van der Waals surface area contributed by atoms with Gasteiger partial charge in [0.05, 0.1) is 5.39 Å². The molecule has 4 nitrogen and oxygen atoms in total. The van der Waals surface area contributed by atoms with Crippen LogP contribution in [0.25, 0.3) is 10.2 Å². The number of nitrogens with zero attached hydrogens (tertiary/aromatic N) is 2. The van der Waals surface area contributed by atoms with Gasteiger partial charge in [0.15, 0.2) is 0 Å². The van der Waals surface area contributed by atoms with Crippen LogP contribution in [-0.2, 0) is 0 Å². The summed E-state index contributed by atoms with van der Waals surface area (Å²) in [5.74, 6) is 1.04. The molecule has 0 saturated carbocycles. The van der Waals surface area contributed by atoms with Gasteiger partial charge in [-0.2, -0.15) is 4.98 Å². The number of hydrogen-bond acceptors (Lipinski definition) is 5. The van der Waals surface area contributed by atoms with Crippen molar-refractivity contribution in [1.29, 1.82) is 0 Å². The van der Waals surface area contributed by atoms with Crippen molar-refractivity contribution in [2.45, 2.75) is 13.8 Å². The van der Waals surface area contributed by atoms with Crippen LogP contribution in [-0.4, -0.2) is 17.0 Å². The van der Waals surface area contributed by atoms with Gasteiger partial charge in [0, 0.05) is 18.0 Å². The third-order valence-corrected chi connectivity index (χ3v) is 4.01. The lowest BCUT2D eigenvalue weighted by Crippen LogP contribution is -1.99. The molecule has 0 fully saturated rings. The van der Waals surface area contributed by atoms with Crippen LogP contribution in [0.1, 0.15) is 10.4 Å². The summed E-state index contributed by atoms with van der Waals surface area (Å²) in [5.41, 5.74) is 0.848. The van der Waals surface area contributed by atoms with Crippen LogP contribution < -0.4 is 10.1 Å². The quantitative estimate of drug-likeness (QED) is 0.784. The molecule has 0 atom stereocenters. The Hall–Kier alpha value is -2.21. The summed E-state index contributed by atoms with van der Waals surface area (Å²) in [5, 5.41) is 3.74. The first-order valence-corrected chi connectivity index (χ1v) is 7.28. The lowest BCUT2D eigenvalue weighted by atomic mass is 10.2. The molecule has 2 heterocycles. The van der Waals surface area contributed by atoms with Crippen LogP contribution in [0.15, 0.2) is 24.3 Å². The molecule has 1 N–H and O–H groups in total. The van der Waals surface area contributed by atoms with Crippen molar-refractivity contribution < 1.29 is 9.13 Å². The molecular formula is C15H14FN3OS. The minimum Gasteiger partial charge on any atom is -0.438 e. The van der Waals surface area contributed by atoms with E-state index in [4.69, 9.17) is 4.74 Å². The second kappa shape index (κ2) is 5.29. The Balaban J connectivity index is 2.12. The first-order chi connectivity index (χ1) is 10.1. The predicted molar refractivity (Wildman–Crippen MR) is 82.9 cm³/mol. The second-order valence-corrected chi connectivity index (χ2v) is 5.92. The smallest absolute Gasteiger partial charge is 0.232 e. The van der Waals surface area contributed by atoms with E-state index in [9.17, 15) is 4.39 Å². The maximum absolute atomic E-state index is 13.4. The van der Waals surface area contributed by atoms with Gasteiger partial charge < -0.3 is 10.1 Å². The number of aryl methyl sites for hydroxylation is 2. The Bertz CT molecular complexity index is 816. The zero-order valence-corrected chi connectivity index (χ0v) is 12.7. The van der Waals surface area contributed by atoms with E-state index in [0.717, 1.165) is 20.7 Å². The number of aromatic nitrogens is 2. The molecule has 1 aromatic carbocycles. The minimum absolute atomic E-state index is 0.337. The lowest BCUT2D eigenvalue weighted by molar-refractivity contribution is 0.460. The number of halogens is 1. The molecule has 0 aliphatic heterocycles. The van der Waals surface area contributed by atoms with Crippen LogP contribution in [0, 0.1) is 19.7 Å². The Morgan fingerprint density at radius 3 is 2.76 bits per heavy atom. The normalized spacial score (nSPS) is 10.9. The molecule has 0 spiro atoms. The van der Waals surface area contributed by atoms with Gasteiger partial charge in [0.2, 0.25) is 11.8 Å². The molecule has 0 unspecified atom stereocenters. The van der Waals surface area contributed by atoms with Gasteiger partial charge in [-0.05, 0) is 31.5 Å². The number of rotatable bonds is 3. The van der Waals surface area contributed by atoms with E-state index in [2.05, 4.69) is 15.3 Å². The van der Waals surface area contributed by atoms with Gasteiger partial charge in [-0.3, -0.25) is 0 Å². The van der Waals surface area contributed by atoms with E-state index in [1.807, 2.05) is 19.9 Å². The lowest BCUT2D eigenvalue weighted by Gasteiger charge is -2.10. The molecule has 3 rings (SSSR count). The average Bonchev–Trinajstić information content (AvgIpc) is 2.83. The summed E-state index contributed by atoms with van der Waals surface area (Å²) in [6, 6.07) is 6.43. The molecule has 3 aromatic rings. The molecule has 0 bridgehead atoms. The van der Waals surface area contributed by atoms with Gasteiger partial charge in [0.25, 0.3) is 0 Å². The molecule has 0 aliphatic rings. The second-order valence-electron chi connectivity index (χ2n) is 4.69. The molecule has 6 heteroatoms. The minimum atomic E-state index is -0.337. The average molecular weight is 303 g/mol. The Kier molecular flexibility index (Phi) is 3.47. The van der Waals surface area contributed by atoms with Crippen molar-refractivity contribution in [2.24, 2.45) is 0 Å². The Morgan fingerprint density at radius 1 is 1.19 bits per heavy atom. The summed E-state index contributed by atoms with van der Waals surface area (Å²) in [4.78, 5) is 10.7. The van der Waals surface area contributed by atoms with Crippen LogP contribution in [0.4, 0.5) is 10.3 Å². The maximum Gasteiger partial charge on any atom is 0.232 e. The monoisotopic (exact) mass is 303 g/mol. The van der Waals surface area contributed by atoms with Crippen LogP contribution in [0.5, 0.6) is 11.6 Å². The molecule has 108 valence electrons. The summed E-state index contributed by atoms with van der Waals surface area (Å²) in [6.45, 7) is 3.87. The fraction of sp³-hybridized carbons (Fsp3) is 0.200. The zero-order valence-electron chi connectivity index (χ0n) is 11.9. The van der Waals surface area contributed by atoms with Gasteiger partial charge in [0.1, 0.15) is 16.4 Å². The van der Waals surface area contributed by atoms with Gasteiger partial charge in [-0.15, -0.1) is 11.3 Å². The van der Waals surface area contributed by atoms with Crippen molar-refractivity contribution in [3.05, 3.63) is 40.5 Å². The van der Waals surface area contributed by atoms with Gasteiger partial charge >= 0.3 is 0 Å². The predicted octanol–water partition coefficient (Wildman–Crippen LogP) is 4.28. The number of anilines is 1. The number of ether oxygens (including phenoxy) is 1. The molecule has 0 saturated heterocycles. The summed E-state index contributed by atoms with van der Waals surface area (Å²) in [6.07, 6.45) is 0. The van der Waals surface area contributed by atoms with E-state index in [1.165, 1.54) is 12.1 Å². The van der Waals surface area contributed by atoms with Crippen molar-refractivity contribution in [1.82, 2.24) is 9.97 Å². The number of nitrogens with one attached hydrogen (secondary N) is 1. The highest BCUT2D eigenvalue weighted by atomic mass is 32.1. The zero-order chi connectivity index (χ0) is 15.0. The van der Waals surface area contributed by atoms with Crippen molar-refractivity contribution in [3.8, 4) is 11.6 Å². The largest absolute Gasteiger partial charge is 0.438 e. The molecule has 0 radical (unpaired) electrons. The fourth-order valence-corrected chi connectivity index (χ4v) is 2.86. The van der Waals surface area contributed by atoms with Crippen molar-refractivity contribution >= 4 is 27.5 Å². The number of thiophene rings is 1. The third-order valence-electron chi connectivity index (χ3n) is 3.06. The maximum atomic E-state index is 13.4. The summed E-state index contributed by atoms with van der Waals surface area (Å²) < 4.78 is 19.2. The molecular weight excluding hydrogens is 289 g/mol. The van der Waals surface area contributed by atoms with Crippen LogP contribution >= 0.6 is 11.3 Å². The van der Waals surface area contributed by atoms with Gasteiger partial charge in [-0.1, -0.05) is 6.07 Å². The Labute approximate surface area is 125 Å². The first-order valence-electron chi connectivity index (χ1n) is 6.47. The highest BCUT2D eigenvalue weighted by molar-refractivity contribution is 7.18. The highest BCUT2D eigenvalue weighted by Gasteiger charge is 2.13. The van der Waals surface area contributed by atoms with E-state index >= 15 is 0 Å². The first kappa shape index (κ1) is 13.8. The SMILES string of the molecule is CNc1nc(Oc2cc(F)ccc2C)c2cc(C)sc2n1. The standard InChI is InChI=1S/C15H14FN3OS/c1-8-4-5-10(16)7-12(8)20-13-11-6-9(2)21-14(11)19-15(17-3)18-13/h4-7H,1-3H3,(H,17,18,19). The van der Waals surface area contributed by atoms with Crippen LogP contribution in [0.2, 0.25) is 0 Å². The summed E-state index contributed by atoms with van der Waals surface area (Å²) in [7, 11) is 1.75. The fourth-order valence-electron chi connectivity index (χ4n) is 1.99. The molecule has 21 heavy (non-hydrogen) atoms. The number of fused-ring (bicyclic) bond motifs is 1. The Morgan fingerprint density at radius 2 is 2.00 bits per heavy atom. The molecule has 0 aliphatic carbocycles.